The van der Waals surface area contributed by atoms with Gasteiger partial charge in [0, 0.05) is 24.8 Å². The van der Waals surface area contributed by atoms with Gasteiger partial charge < -0.3 is 19.7 Å². The molecule has 0 spiro atoms. The van der Waals surface area contributed by atoms with E-state index in [0.717, 1.165) is 0 Å². The van der Waals surface area contributed by atoms with Crippen LogP contribution in [0.4, 0.5) is 0 Å². The summed E-state index contributed by atoms with van der Waals surface area (Å²) in [6.07, 6.45) is -0.377. The molecule has 24 heavy (non-hydrogen) atoms. The SMILES string of the molecule is CCC(O)CC(CC(C)C(=O)NC(C)(C)CS(=O)(=O)[O-])OC(C)=O. The first kappa shape index (κ1) is 22.8. The summed E-state index contributed by atoms with van der Waals surface area (Å²) in [6.45, 7) is 7.52. The van der Waals surface area contributed by atoms with E-state index in [-0.39, 0.29) is 12.8 Å². The number of esters is 1. The lowest BCUT2D eigenvalue weighted by Crippen LogP contribution is -2.50. The van der Waals surface area contributed by atoms with E-state index >= 15 is 0 Å². The van der Waals surface area contributed by atoms with Gasteiger partial charge in [0.2, 0.25) is 5.91 Å². The molecule has 8 nitrogen and oxygen atoms in total. The minimum absolute atomic E-state index is 0.183. The van der Waals surface area contributed by atoms with E-state index in [1.54, 1.807) is 13.8 Å². The number of aliphatic hydroxyl groups is 1. The Labute approximate surface area is 143 Å². The Morgan fingerprint density at radius 2 is 1.83 bits per heavy atom. The molecular weight excluding hydrogens is 338 g/mol. The van der Waals surface area contributed by atoms with Crippen molar-refractivity contribution in [2.24, 2.45) is 5.92 Å². The summed E-state index contributed by atoms with van der Waals surface area (Å²) >= 11 is 0. The smallest absolute Gasteiger partial charge is 0.302 e. The average Bonchev–Trinajstić information content (AvgIpc) is 2.33. The van der Waals surface area contributed by atoms with Crippen molar-refractivity contribution >= 4 is 22.0 Å². The normalized spacial score (nSPS) is 16.1. The third-order valence-electron chi connectivity index (χ3n) is 3.40. The third kappa shape index (κ3) is 10.6. The highest BCUT2D eigenvalue weighted by Crippen LogP contribution is 2.17. The van der Waals surface area contributed by atoms with Crippen LogP contribution in [-0.4, -0.2) is 53.5 Å². The molecule has 3 unspecified atom stereocenters. The van der Waals surface area contributed by atoms with Crippen LogP contribution >= 0.6 is 0 Å². The first-order valence-electron chi connectivity index (χ1n) is 7.86. The van der Waals surface area contributed by atoms with Gasteiger partial charge in [-0.25, -0.2) is 8.42 Å². The highest BCUT2D eigenvalue weighted by atomic mass is 32.2. The molecule has 142 valence electrons. The Morgan fingerprint density at radius 3 is 2.25 bits per heavy atom. The summed E-state index contributed by atoms with van der Waals surface area (Å²) in [5.41, 5.74) is -1.20. The van der Waals surface area contributed by atoms with Crippen LogP contribution in [0.25, 0.3) is 0 Å². The maximum absolute atomic E-state index is 12.2. The number of carbonyl (C=O) groups excluding carboxylic acids is 2. The van der Waals surface area contributed by atoms with Crippen LogP contribution in [0.5, 0.6) is 0 Å². The van der Waals surface area contributed by atoms with Crippen molar-refractivity contribution in [3.8, 4) is 0 Å². The van der Waals surface area contributed by atoms with Gasteiger partial charge in [0.1, 0.15) is 6.10 Å². The van der Waals surface area contributed by atoms with Gasteiger partial charge in [-0.15, -0.1) is 0 Å². The number of nitrogens with one attached hydrogen (secondary N) is 1. The lowest BCUT2D eigenvalue weighted by molar-refractivity contribution is -0.149. The molecule has 0 aliphatic carbocycles. The number of hydrogen-bond donors (Lipinski definition) is 2. The molecule has 0 aliphatic rings. The second kappa shape index (κ2) is 9.33. The molecule has 1 amide bonds. The minimum Gasteiger partial charge on any atom is -0.748 e. The van der Waals surface area contributed by atoms with Crippen molar-refractivity contribution in [3.63, 3.8) is 0 Å². The highest BCUT2D eigenvalue weighted by Gasteiger charge is 2.28. The lowest BCUT2D eigenvalue weighted by atomic mass is 9.96. The van der Waals surface area contributed by atoms with Gasteiger partial charge in [-0.2, -0.15) is 0 Å². The molecule has 2 N–H and O–H groups in total. The number of amides is 1. The van der Waals surface area contributed by atoms with Crippen molar-refractivity contribution in [3.05, 3.63) is 0 Å². The average molecular weight is 366 g/mol. The van der Waals surface area contributed by atoms with Crippen LogP contribution in [0.3, 0.4) is 0 Å². The van der Waals surface area contributed by atoms with E-state index in [4.69, 9.17) is 4.74 Å². The summed E-state index contributed by atoms with van der Waals surface area (Å²) in [5, 5.41) is 12.2. The van der Waals surface area contributed by atoms with E-state index in [0.29, 0.717) is 6.42 Å². The van der Waals surface area contributed by atoms with Gasteiger partial charge in [-0.05, 0) is 26.7 Å². The summed E-state index contributed by atoms with van der Waals surface area (Å²) in [7, 11) is -4.48. The zero-order chi connectivity index (χ0) is 19.1. The molecule has 0 aromatic rings. The maximum Gasteiger partial charge on any atom is 0.302 e. The molecule has 3 atom stereocenters. The van der Waals surface area contributed by atoms with Crippen molar-refractivity contribution in [1.82, 2.24) is 5.32 Å². The Kier molecular flexibility index (Phi) is 8.87. The van der Waals surface area contributed by atoms with Crippen molar-refractivity contribution in [2.75, 3.05) is 5.75 Å². The van der Waals surface area contributed by atoms with Crippen LogP contribution in [0.2, 0.25) is 0 Å². The zero-order valence-corrected chi connectivity index (χ0v) is 15.7. The van der Waals surface area contributed by atoms with Crippen LogP contribution in [-0.2, 0) is 24.4 Å². The summed E-state index contributed by atoms with van der Waals surface area (Å²) in [6, 6.07) is 0. The first-order chi connectivity index (χ1) is 10.8. The Hall–Kier alpha value is -1.19. The van der Waals surface area contributed by atoms with Gasteiger partial charge in [0.05, 0.1) is 22.0 Å². The predicted octanol–water partition coefficient (Wildman–Crippen LogP) is 0.545. The monoisotopic (exact) mass is 366 g/mol. The second-order valence-electron chi connectivity index (χ2n) is 6.74. The Bertz CT molecular complexity index is 530. The quantitative estimate of drug-likeness (QED) is 0.426. The van der Waals surface area contributed by atoms with Gasteiger partial charge in [0.25, 0.3) is 0 Å². The lowest BCUT2D eigenvalue weighted by Gasteiger charge is -2.30. The molecular formula is C15H28NO7S-. The molecule has 0 aromatic heterocycles. The summed E-state index contributed by atoms with van der Waals surface area (Å²) in [5.74, 6) is -2.27. The molecule has 0 fully saturated rings. The van der Waals surface area contributed by atoms with E-state index in [1.807, 2.05) is 0 Å². The van der Waals surface area contributed by atoms with Crippen LogP contribution in [0.1, 0.15) is 53.9 Å². The molecule has 0 rings (SSSR count). The second-order valence-corrected chi connectivity index (χ2v) is 8.15. The van der Waals surface area contributed by atoms with E-state index in [2.05, 4.69) is 5.32 Å². The van der Waals surface area contributed by atoms with Crippen LogP contribution < -0.4 is 5.32 Å². The fraction of sp³-hybridized carbons (Fsp3) is 0.867. The first-order valence-corrected chi connectivity index (χ1v) is 9.44. The summed E-state index contributed by atoms with van der Waals surface area (Å²) < 4.78 is 37.7. The van der Waals surface area contributed by atoms with Crippen molar-refractivity contribution < 1.29 is 32.4 Å². The number of ether oxygens (including phenoxy) is 1. The number of carbonyl (C=O) groups is 2. The predicted molar refractivity (Wildman–Crippen MR) is 87.0 cm³/mol. The molecule has 0 aliphatic heterocycles. The molecule has 0 aromatic carbocycles. The third-order valence-corrected chi connectivity index (χ3v) is 4.48. The van der Waals surface area contributed by atoms with Crippen LogP contribution in [0.15, 0.2) is 0 Å². The fourth-order valence-electron chi connectivity index (χ4n) is 2.33. The highest BCUT2D eigenvalue weighted by molar-refractivity contribution is 7.85. The van der Waals surface area contributed by atoms with Gasteiger partial charge in [-0.3, -0.25) is 9.59 Å². The molecule has 0 saturated carbocycles. The molecule has 0 saturated heterocycles. The molecule has 0 bridgehead atoms. The molecule has 0 heterocycles. The number of rotatable bonds is 10. The van der Waals surface area contributed by atoms with E-state index < -0.39 is 51.4 Å². The number of hydrogen-bond acceptors (Lipinski definition) is 7. The molecule has 9 heteroatoms. The Balaban J connectivity index is 4.81. The van der Waals surface area contributed by atoms with Gasteiger partial charge in [-0.1, -0.05) is 13.8 Å². The largest absolute Gasteiger partial charge is 0.748 e. The minimum atomic E-state index is -4.48. The zero-order valence-electron chi connectivity index (χ0n) is 14.9. The number of aliphatic hydroxyl groups excluding tert-OH is 1. The van der Waals surface area contributed by atoms with Crippen molar-refractivity contribution in [2.45, 2.75) is 71.6 Å². The van der Waals surface area contributed by atoms with Gasteiger partial charge >= 0.3 is 5.97 Å². The maximum atomic E-state index is 12.2. The topological polar surface area (TPSA) is 133 Å². The molecule has 0 radical (unpaired) electrons. The van der Waals surface area contributed by atoms with Crippen LogP contribution in [0, 0.1) is 5.92 Å². The van der Waals surface area contributed by atoms with Crippen molar-refractivity contribution in [1.29, 1.82) is 0 Å². The standard InChI is InChI=1S/C15H29NO7S/c1-6-12(18)8-13(23-11(3)17)7-10(2)14(19)16-15(4,5)9-24(20,21)22/h10,12-13,18H,6-9H2,1-5H3,(H,16,19)(H,20,21,22)/p-1. The summed E-state index contributed by atoms with van der Waals surface area (Å²) in [4.78, 5) is 23.4. The fourth-order valence-corrected chi connectivity index (χ4v) is 3.29. The van der Waals surface area contributed by atoms with Gasteiger partial charge in [0.15, 0.2) is 0 Å². The van der Waals surface area contributed by atoms with E-state index in [1.165, 1.54) is 20.8 Å². The van der Waals surface area contributed by atoms with E-state index in [9.17, 15) is 27.7 Å². The Morgan fingerprint density at radius 1 is 1.29 bits per heavy atom.